The Labute approximate surface area is 169 Å². The molecule has 3 aromatic rings. The average molecular weight is 395 g/mol. The van der Waals surface area contributed by atoms with Crippen LogP contribution < -0.4 is 5.32 Å². The maximum atomic E-state index is 13.0. The van der Waals surface area contributed by atoms with Crippen molar-refractivity contribution in [2.24, 2.45) is 0 Å². The Morgan fingerprint density at radius 2 is 1.90 bits per heavy atom. The molecule has 8 heteroatoms. The van der Waals surface area contributed by atoms with Gasteiger partial charge in [-0.1, -0.05) is 30.3 Å². The first-order valence-corrected chi connectivity index (χ1v) is 9.31. The van der Waals surface area contributed by atoms with Gasteiger partial charge in [-0.2, -0.15) is 4.68 Å². The summed E-state index contributed by atoms with van der Waals surface area (Å²) >= 11 is 0. The number of hydrogen-bond acceptors (Lipinski definition) is 6. The third-order valence-electron chi connectivity index (χ3n) is 4.56. The quantitative estimate of drug-likeness (QED) is 0.630. The fraction of sp³-hybridized carbons (Fsp3) is 0.333. The van der Waals surface area contributed by atoms with Crippen LogP contribution in [0.5, 0.6) is 0 Å². The third-order valence-corrected chi connectivity index (χ3v) is 4.56. The molecule has 1 heterocycles. The number of carbonyl (C=O) groups is 1. The number of hydrogen-bond donors (Lipinski definition) is 1. The lowest BCUT2D eigenvalue weighted by Gasteiger charge is -2.17. The number of nitrogens with zero attached hydrogens (tertiary/aromatic N) is 4. The van der Waals surface area contributed by atoms with E-state index in [0.29, 0.717) is 18.0 Å². The molecule has 0 saturated heterocycles. The first kappa shape index (κ1) is 20.6. The van der Waals surface area contributed by atoms with Gasteiger partial charge in [0.1, 0.15) is 6.61 Å². The molecule has 8 nitrogen and oxygen atoms in total. The van der Waals surface area contributed by atoms with E-state index in [4.69, 9.17) is 9.47 Å². The zero-order chi connectivity index (χ0) is 20.8. The van der Waals surface area contributed by atoms with E-state index in [1.54, 1.807) is 18.9 Å². The summed E-state index contributed by atoms with van der Waals surface area (Å²) in [4.78, 5) is 13.0. The Hall–Kier alpha value is -3.10. The fourth-order valence-corrected chi connectivity index (χ4v) is 3.16. The lowest BCUT2D eigenvalue weighted by atomic mass is 9.97. The SMILES string of the molecule is COCc1nnnn1-c1cc(-c2ccccc2)cc(C(=O)N[C@H](C)COC)c1C. The van der Waals surface area contributed by atoms with Crippen molar-refractivity contribution in [3.63, 3.8) is 0 Å². The van der Waals surface area contributed by atoms with Gasteiger partial charge in [0, 0.05) is 25.8 Å². The molecule has 1 atom stereocenters. The first-order valence-electron chi connectivity index (χ1n) is 9.31. The van der Waals surface area contributed by atoms with E-state index in [2.05, 4.69) is 20.8 Å². The molecule has 0 aliphatic rings. The summed E-state index contributed by atoms with van der Waals surface area (Å²) < 4.78 is 11.9. The molecule has 1 amide bonds. The summed E-state index contributed by atoms with van der Waals surface area (Å²) in [5.74, 6) is 0.382. The highest BCUT2D eigenvalue weighted by Crippen LogP contribution is 2.28. The monoisotopic (exact) mass is 395 g/mol. The Balaban J connectivity index is 2.12. The van der Waals surface area contributed by atoms with Gasteiger partial charge >= 0.3 is 0 Å². The van der Waals surface area contributed by atoms with E-state index in [9.17, 15) is 4.79 Å². The van der Waals surface area contributed by atoms with E-state index in [1.807, 2.05) is 56.3 Å². The molecule has 0 aliphatic carbocycles. The van der Waals surface area contributed by atoms with Crippen molar-refractivity contribution in [2.45, 2.75) is 26.5 Å². The topological polar surface area (TPSA) is 91.2 Å². The number of amides is 1. The number of carbonyl (C=O) groups excluding carboxylic acids is 1. The van der Waals surface area contributed by atoms with E-state index >= 15 is 0 Å². The number of benzene rings is 2. The minimum atomic E-state index is -0.174. The van der Waals surface area contributed by atoms with Crippen LogP contribution in [0.3, 0.4) is 0 Å². The molecule has 0 saturated carbocycles. The van der Waals surface area contributed by atoms with Crippen LogP contribution in [-0.4, -0.2) is 53.0 Å². The van der Waals surface area contributed by atoms with E-state index in [0.717, 1.165) is 22.4 Å². The molecule has 1 aromatic heterocycles. The van der Waals surface area contributed by atoms with Crippen molar-refractivity contribution >= 4 is 5.91 Å². The molecule has 2 aromatic carbocycles. The van der Waals surface area contributed by atoms with Gasteiger partial charge < -0.3 is 14.8 Å². The van der Waals surface area contributed by atoms with Crippen LogP contribution in [0.15, 0.2) is 42.5 Å². The van der Waals surface area contributed by atoms with Crippen molar-refractivity contribution in [3.8, 4) is 16.8 Å². The van der Waals surface area contributed by atoms with E-state index < -0.39 is 0 Å². The maximum absolute atomic E-state index is 13.0. The highest BCUT2D eigenvalue weighted by atomic mass is 16.5. The van der Waals surface area contributed by atoms with Gasteiger partial charge in [-0.15, -0.1) is 5.10 Å². The normalized spacial score (nSPS) is 12.0. The van der Waals surface area contributed by atoms with Gasteiger partial charge in [-0.05, 0) is 53.1 Å². The predicted octanol–water partition coefficient (Wildman–Crippen LogP) is 2.55. The second-order valence-corrected chi connectivity index (χ2v) is 6.80. The number of methoxy groups -OCH3 is 2. The molecule has 0 spiro atoms. The molecule has 3 rings (SSSR count). The van der Waals surface area contributed by atoms with Crippen LogP contribution in [0.25, 0.3) is 16.8 Å². The summed E-state index contributed by atoms with van der Waals surface area (Å²) in [7, 11) is 3.19. The molecule has 0 radical (unpaired) electrons. The van der Waals surface area contributed by atoms with Crippen molar-refractivity contribution in [1.82, 2.24) is 25.5 Å². The van der Waals surface area contributed by atoms with E-state index in [-0.39, 0.29) is 18.6 Å². The molecular weight excluding hydrogens is 370 g/mol. The van der Waals surface area contributed by atoms with Crippen molar-refractivity contribution < 1.29 is 14.3 Å². The number of aromatic nitrogens is 4. The maximum Gasteiger partial charge on any atom is 0.251 e. The Morgan fingerprint density at radius 3 is 2.59 bits per heavy atom. The number of tetrazole rings is 1. The Bertz CT molecular complexity index is 972. The standard InChI is InChI=1S/C21H25N5O3/c1-14(12-28-3)22-21(27)18-10-17(16-8-6-5-7-9-16)11-19(15(18)2)26-20(13-29-4)23-24-25-26/h5-11,14H,12-13H2,1-4H3,(H,22,27)/t14-/m1/s1. The van der Waals surface area contributed by atoms with Crippen LogP contribution in [-0.2, 0) is 16.1 Å². The van der Waals surface area contributed by atoms with Crippen LogP contribution in [0, 0.1) is 6.92 Å². The van der Waals surface area contributed by atoms with Crippen LogP contribution in [0.1, 0.15) is 28.7 Å². The summed E-state index contributed by atoms with van der Waals surface area (Å²) in [6.45, 7) is 4.48. The molecule has 0 unspecified atom stereocenters. The van der Waals surface area contributed by atoms with Gasteiger partial charge in [-0.3, -0.25) is 4.79 Å². The van der Waals surface area contributed by atoms with E-state index in [1.165, 1.54) is 0 Å². The highest BCUT2D eigenvalue weighted by Gasteiger charge is 2.20. The molecule has 1 N–H and O–H groups in total. The number of nitrogens with one attached hydrogen (secondary N) is 1. The number of ether oxygens (including phenoxy) is 2. The molecular formula is C21H25N5O3. The second kappa shape index (κ2) is 9.40. The summed E-state index contributed by atoms with van der Waals surface area (Å²) in [6.07, 6.45) is 0. The summed E-state index contributed by atoms with van der Waals surface area (Å²) in [6, 6.07) is 13.6. The first-order chi connectivity index (χ1) is 14.0. The van der Waals surface area contributed by atoms with Crippen LogP contribution >= 0.6 is 0 Å². The van der Waals surface area contributed by atoms with Gasteiger partial charge in [-0.25, -0.2) is 0 Å². The molecule has 0 aliphatic heterocycles. The van der Waals surface area contributed by atoms with Crippen LogP contribution in [0.4, 0.5) is 0 Å². The van der Waals surface area contributed by atoms with Crippen molar-refractivity contribution in [3.05, 3.63) is 59.4 Å². The van der Waals surface area contributed by atoms with Crippen molar-refractivity contribution in [1.29, 1.82) is 0 Å². The minimum Gasteiger partial charge on any atom is -0.383 e. The van der Waals surface area contributed by atoms with Crippen LogP contribution in [0.2, 0.25) is 0 Å². The molecule has 0 fully saturated rings. The molecule has 29 heavy (non-hydrogen) atoms. The second-order valence-electron chi connectivity index (χ2n) is 6.80. The minimum absolute atomic E-state index is 0.118. The van der Waals surface area contributed by atoms with Gasteiger partial charge in [0.05, 0.1) is 12.3 Å². The lowest BCUT2D eigenvalue weighted by molar-refractivity contribution is 0.0905. The number of rotatable bonds is 8. The molecule has 0 bridgehead atoms. The predicted molar refractivity (Wildman–Crippen MR) is 109 cm³/mol. The molecule has 152 valence electrons. The third kappa shape index (κ3) is 4.67. The largest absolute Gasteiger partial charge is 0.383 e. The average Bonchev–Trinajstić information content (AvgIpc) is 3.17. The highest BCUT2D eigenvalue weighted by molar-refractivity contribution is 5.98. The summed E-state index contributed by atoms with van der Waals surface area (Å²) in [5, 5.41) is 14.9. The van der Waals surface area contributed by atoms with Gasteiger partial charge in [0.15, 0.2) is 5.82 Å². The fourth-order valence-electron chi connectivity index (χ4n) is 3.16. The Kier molecular flexibility index (Phi) is 6.69. The smallest absolute Gasteiger partial charge is 0.251 e. The zero-order valence-electron chi connectivity index (χ0n) is 17.0. The lowest BCUT2D eigenvalue weighted by Crippen LogP contribution is -2.36. The zero-order valence-corrected chi connectivity index (χ0v) is 17.0. The summed E-state index contributed by atoms with van der Waals surface area (Å²) in [5.41, 5.74) is 3.95. The van der Waals surface area contributed by atoms with Gasteiger partial charge in [0.25, 0.3) is 5.91 Å². The van der Waals surface area contributed by atoms with Gasteiger partial charge in [0.2, 0.25) is 0 Å². The van der Waals surface area contributed by atoms with Crippen molar-refractivity contribution in [2.75, 3.05) is 20.8 Å². The Morgan fingerprint density at radius 1 is 1.14 bits per heavy atom.